The van der Waals surface area contributed by atoms with Crippen LogP contribution in [0.4, 0.5) is 0 Å². The molecule has 0 bridgehead atoms. The second-order valence-electron chi connectivity index (χ2n) is 3.29. The van der Waals surface area contributed by atoms with E-state index in [1.54, 1.807) is 0 Å². The van der Waals surface area contributed by atoms with Crippen molar-refractivity contribution in [1.82, 2.24) is 5.32 Å². The molecule has 7 nitrogen and oxygen atoms in total. The Morgan fingerprint density at radius 3 is 1.71 bits per heavy atom. The Labute approximate surface area is 80.8 Å². The molecule has 0 spiro atoms. The van der Waals surface area contributed by atoms with Gasteiger partial charge in [0.2, 0.25) is 5.02 Å². The summed E-state index contributed by atoms with van der Waals surface area (Å²) in [4.78, 5) is 35.9. The van der Waals surface area contributed by atoms with E-state index in [-0.39, 0.29) is 13.0 Å². The van der Waals surface area contributed by atoms with Gasteiger partial charge in [-0.3, -0.25) is 14.4 Å². The van der Waals surface area contributed by atoms with Gasteiger partial charge >= 0.3 is 15.2 Å². The predicted octanol–water partition coefficient (Wildman–Crippen LogP) is -0.231. The number of rotatable bonds is 2. The molecule has 1 aliphatic rings. The average Bonchev–Trinajstić information content (AvgIpc) is 2.02. The van der Waals surface area contributed by atoms with Gasteiger partial charge in [0.1, 0.15) is 0 Å². The van der Waals surface area contributed by atoms with Crippen LogP contribution in [0.25, 0.3) is 0 Å². The molecule has 0 unspecified atom stereocenters. The lowest BCUT2D eigenvalue weighted by molar-refractivity contribution is 0.263. The third kappa shape index (κ3) is 1.95. The molecule has 1 heterocycles. The van der Waals surface area contributed by atoms with Crippen molar-refractivity contribution in [2.75, 3.05) is 6.54 Å². The zero-order valence-electron chi connectivity index (χ0n) is 7.33. The summed E-state index contributed by atoms with van der Waals surface area (Å²) in [5.41, 5.74) is 0. The summed E-state index contributed by atoms with van der Waals surface area (Å²) >= 11 is 0. The largest absolute Gasteiger partial charge is 0.357 e. The Balaban J connectivity index is 3.15. The second kappa shape index (κ2) is 3.68. The van der Waals surface area contributed by atoms with Crippen molar-refractivity contribution in [1.29, 1.82) is 0 Å². The average molecular weight is 245 g/mol. The Bertz CT molecular complexity index is 275. The molecule has 1 saturated heterocycles. The fraction of sp³-hybridized carbons (Fsp3) is 1.00. The van der Waals surface area contributed by atoms with E-state index in [9.17, 15) is 9.13 Å². The molecule has 0 saturated carbocycles. The monoisotopic (exact) mass is 245 g/mol. The third-order valence-corrected chi connectivity index (χ3v) is 6.58. The molecule has 14 heavy (non-hydrogen) atoms. The van der Waals surface area contributed by atoms with Gasteiger partial charge in [-0.05, 0) is 25.8 Å². The van der Waals surface area contributed by atoms with Crippen LogP contribution in [0.5, 0.6) is 0 Å². The third-order valence-electron chi connectivity index (χ3n) is 2.32. The SMILES string of the molecule is O=P(O)(O)C1(P(=O)(O)O)CCCCN1. The molecule has 0 aromatic heterocycles. The van der Waals surface area contributed by atoms with Gasteiger partial charge < -0.3 is 19.6 Å². The highest BCUT2D eigenvalue weighted by atomic mass is 31.2. The summed E-state index contributed by atoms with van der Waals surface area (Å²) in [5, 5.41) is -0.0766. The quantitative estimate of drug-likeness (QED) is 0.425. The number of piperidine rings is 1. The highest BCUT2D eigenvalue weighted by molar-refractivity contribution is 7.72. The molecule has 0 aromatic rings. The smallest absolute Gasteiger partial charge is 0.323 e. The zero-order valence-corrected chi connectivity index (χ0v) is 9.12. The molecule has 1 rings (SSSR count). The van der Waals surface area contributed by atoms with Crippen LogP contribution in [0, 0.1) is 0 Å². The molecule has 0 aliphatic carbocycles. The van der Waals surface area contributed by atoms with Crippen LogP contribution in [-0.2, 0) is 9.13 Å². The molecule has 0 atom stereocenters. The normalized spacial score (nSPS) is 23.4. The summed E-state index contributed by atoms with van der Waals surface area (Å²) in [5.74, 6) is 0. The van der Waals surface area contributed by atoms with Crippen LogP contribution in [0.2, 0.25) is 0 Å². The van der Waals surface area contributed by atoms with Crippen molar-refractivity contribution in [3.05, 3.63) is 0 Å². The summed E-state index contributed by atoms with van der Waals surface area (Å²) in [6.07, 6.45) is 0.840. The fourth-order valence-corrected chi connectivity index (χ4v) is 4.43. The van der Waals surface area contributed by atoms with E-state index < -0.39 is 20.2 Å². The number of nitrogens with one attached hydrogen (secondary N) is 1. The molecule has 84 valence electrons. The summed E-state index contributed by atoms with van der Waals surface area (Å²) in [6, 6.07) is 0. The van der Waals surface area contributed by atoms with Gasteiger partial charge in [0.15, 0.2) is 0 Å². The first-order valence-corrected chi connectivity index (χ1v) is 7.29. The second-order valence-corrected chi connectivity index (χ2v) is 7.34. The molecule has 0 amide bonds. The van der Waals surface area contributed by atoms with Gasteiger partial charge in [0.25, 0.3) is 0 Å². The van der Waals surface area contributed by atoms with Crippen LogP contribution in [-0.4, -0.2) is 31.1 Å². The fourth-order valence-electron chi connectivity index (χ4n) is 1.54. The Morgan fingerprint density at radius 1 is 1.00 bits per heavy atom. The maximum Gasteiger partial charge on any atom is 0.357 e. The molecule has 0 aromatic carbocycles. The van der Waals surface area contributed by atoms with Gasteiger partial charge in [-0.1, -0.05) is 0 Å². The van der Waals surface area contributed by atoms with E-state index >= 15 is 0 Å². The van der Waals surface area contributed by atoms with Crippen LogP contribution < -0.4 is 5.32 Å². The number of hydrogen-bond acceptors (Lipinski definition) is 3. The molecule has 1 aliphatic heterocycles. The van der Waals surface area contributed by atoms with Crippen molar-refractivity contribution in [3.63, 3.8) is 0 Å². The van der Waals surface area contributed by atoms with E-state index in [0.717, 1.165) is 0 Å². The molecular formula is C5H13NO6P2. The Hall–Kier alpha value is 0.260. The maximum atomic E-state index is 11.1. The van der Waals surface area contributed by atoms with Crippen molar-refractivity contribution in [2.24, 2.45) is 0 Å². The van der Waals surface area contributed by atoms with Crippen molar-refractivity contribution < 1.29 is 28.7 Å². The highest BCUT2D eigenvalue weighted by Crippen LogP contribution is 2.69. The first-order chi connectivity index (χ1) is 6.21. The predicted molar refractivity (Wildman–Crippen MR) is 48.7 cm³/mol. The summed E-state index contributed by atoms with van der Waals surface area (Å²) in [7, 11) is -9.74. The van der Waals surface area contributed by atoms with E-state index in [0.29, 0.717) is 12.8 Å². The van der Waals surface area contributed by atoms with Gasteiger partial charge in [0.05, 0.1) is 0 Å². The van der Waals surface area contributed by atoms with E-state index in [4.69, 9.17) is 19.6 Å². The minimum Gasteiger partial charge on any atom is -0.323 e. The molecule has 5 N–H and O–H groups in total. The van der Waals surface area contributed by atoms with Crippen LogP contribution in [0.3, 0.4) is 0 Å². The van der Waals surface area contributed by atoms with Crippen LogP contribution >= 0.6 is 15.2 Å². The first kappa shape index (κ1) is 12.3. The first-order valence-electron chi connectivity index (χ1n) is 4.07. The van der Waals surface area contributed by atoms with Crippen LogP contribution in [0.15, 0.2) is 0 Å². The van der Waals surface area contributed by atoms with E-state index in [2.05, 4.69) is 5.32 Å². The van der Waals surface area contributed by atoms with Gasteiger partial charge in [-0.15, -0.1) is 0 Å². The standard InChI is InChI=1S/C5H13NO6P2/c7-13(8,9)5(14(10,11)12)3-1-2-4-6-5/h6H,1-4H2,(H2,7,8,9)(H2,10,11,12). The van der Waals surface area contributed by atoms with Gasteiger partial charge in [-0.25, -0.2) is 0 Å². The number of hydrogen-bond donors (Lipinski definition) is 5. The van der Waals surface area contributed by atoms with Gasteiger partial charge in [-0.2, -0.15) is 0 Å². The summed E-state index contributed by atoms with van der Waals surface area (Å²) in [6.45, 7) is 0.205. The molecule has 9 heteroatoms. The van der Waals surface area contributed by atoms with E-state index in [1.807, 2.05) is 0 Å². The lowest BCUT2D eigenvalue weighted by atomic mass is 10.2. The highest BCUT2D eigenvalue weighted by Gasteiger charge is 2.60. The van der Waals surface area contributed by atoms with E-state index in [1.165, 1.54) is 0 Å². The summed E-state index contributed by atoms with van der Waals surface area (Å²) < 4.78 is 22.2. The topological polar surface area (TPSA) is 127 Å². The lowest BCUT2D eigenvalue weighted by Crippen LogP contribution is -2.47. The van der Waals surface area contributed by atoms with Crippen molar-refractivity contribution in [2.45, 2.75) is 24.3 Å². The molecule has 1 fully saturated rings. The van der Waals surface area contributed by atoms with Gasteiger partial charge in [0, 0.05) is 0 Å². The van der Waals surface area contributed by atoms with Crippen molar-refractivity contribution >= 4 is 15.2 Å². The van der Waals surface area contributed by atoms with Crippen LogP contribution in [0.1, 0.15) is 19.3 Å². The Morgan fingerprint density at radius 2 is 1.50 bits per heavy atom. The molecule has 0 radical (unpaired) electrons. The Kier molecular flexibility index (Phi) is 3.24. The zero-order chi connectivity index (χ0) is 11.0. The van der Waals surface area contributed by atoms with Crippen molar-refractivity contribution in [3.8, 4) is 0 Å². The lowest BCUT2D eigenvalue weighted by Gasteiger charge is -2.38. The maximum absolute atomic E-state index is 11.1. The minimum atomic E-state index is -4.87. The minimum absolute atomic E-state index is 0.205. The molecular weight excluding hydrogens is 232 g/mol.